The van der Waals surface area contributed by atoms with Crippen molar-refractivity contribution in [1.82, 2.24) is 79.9 Å². The van der Waals surface area contributed by atoms with Crippen LogP contribution in [-0.2, 0) is 9.47 Å². The lowest BCUT2D eigenvalue weighted by atomic mass is 9.78. The van der Waals surface area contributed by atoms with Gasteiger partial charge in [-0.25, -0.2) is 39.9 Å². The first-order valence-electron chi connectivity index (χ1n) is 48.2. The van der Waals surface area contributed by atoms with Gasteiger partial charge in [0.25, 0.3) is 47.3 Å². The number of aryl methyl sites for hydroxylation is 4. The average molecular weight is 1910 g/mol. The van der Waals surface area contributed by atoms with Gasteiger partial charge in [0.2, 0.25) is 0 Å². The van der Waals surface area contributed by atoms with Crippen LogP contribution < -0.4 is 31.9 Å². The largest absolute Gasteiger partial charge is 0.391 e. The van der Waals surface area contributed by atoms with Gasteiger partial charge in [0.1, 0.15) is 51.6 Å². The maximum absolute atomic E-state index is 13.6. The number of nitrogens with one attached hydrogen (secondary N) is 6. The molecule has 16 heterocycles. The van der Waals surface area contributed by atoms with Crippen LogP contribution in [0.2, 0.25) is 0 Å². The standard InChI is InChI=1S/2C25H33N5O3S.2C24H33N5O3S/c1-5-16(3)27-19-11-15(2)18(12-26-19)21-20(23(31)30-9-6-7-17(30)4)28-22(34-21)24(32)29-13-25(14-29)8-10-33-25;1-5-16(3)27-19-9-15(2)18(10-26-19)21-20(23(31)30-8-6-7-17(30)4)28-22(34-21)24(32)29-11-25(12-29)13-33-14-25;2*1-5-14(3)26-19-11-13(2)16(12-25-19)21-20(24(32)29-10-6-7-15(29)4)28-23(33-21)22(31)27-17-8-9-18(17)30/h11-12,16-17H,5-10,13-14H2,1-4H3,(H,26,27);9-10,16-17H,5-8,11-14H2,1-4H3,(H,26,27);2*11-12,14-15,17-18,30H,5-10H2,1-4H3,(H,25,26)(H,27,31)/t2*16-,17+;14-,15+,17+,18-;14-,15+,17-,18+/m1111/s1. The predicted octanol–water partition coefficient (Wildman–Crippen LogP) is 15.0. The Hall–Kier alpha value is -10.1. The molecule has 0 bridgehead atoms. The molecule has 0 aromatic carbocycles. The Bertz CT molecular complexity index is 5300. The zero-order valence-corrected chi connectivity index (χ0v) is 83.5. The van der Waals surface area contributed by atoms with Gasteiger partial charge in [-0.2, -0.15) is 0 Å². The summed E-state index contributed by atoms with van der Waals surface area (Å²) < 4.78 is 11.0. The van der Waals surface area contributed by atoms with Gasteiger partial charge in [-0.1, -0.05) is 27.7 Å². The maximum atomic E-state index is 13.6. The third kappa shape index (κ3) is 21.5. The Morgan fingerprint density at radius 3 is 0.903 bits per heavy atom. The number of ether oxygens (including phenoxy) is 2. The minimum Gasteiger partial charge on any atom is -0.391 e. The van der Waals surface area contributed by atoms with Crippen molar-refractivity contribution in [2.75, 3.05) is 93.4 Å². The highest BCUT2D eigenvalue weighted by Gasteiger charge is 2.53. The second-order valence-corrected chi connectivity index (χ2v) is 42.6. The van der Waals surface area contributed by atoms with Gasteiger partial charge in [-0.05, 0) is 232 Å². The highest BCUT2D eigenvalue weighted by Crippen LogP contribution is 2.45. The summed E-state index contributed by atoms with van der Waals surface area (Å²) in [6.45, 7) is 40.8. The first kappa shape index (κ1) is 98.4. The van der Waals surface area contributed by atoms with E-state index in [9.17, 15) is 48.6 Å². The van der Waals surface area contributed by atoms with Crippen molar-refractivity contribution in [1.29, 1.82) is 0 Å². The number of amides is 8. The zero-order valence-electron chi connectivity index (χ0n) is 80.2. The van der Waals surface area contributed by atoms with E-state index in [0.717, 1.165) is 207 Å². The molecular weight excluding hydrogens is 1780 g/mol. The fourth-order valence-corrected chi connectivity index (χ4v) is 22.6. The van der Waals surface area contributed by atoms with E-state index >= 15 is 0 Å². The van der Waals surface area contributed by atoms with Crippen LogP contribution in [0.1, 0.15) is 296 Å². The number of thiazole rings is 4. The summed E-state index contributed by atoms with van der Waals surface area (Å²) in [5.74, 6) is 1.79. The van der Waals surface area contributed by atoms with Crippen molar-refractivity contribution >= 4 is 116 Å². The summed E-state index contributed by atoms with van der Waals surface area (Å²) in [5.41, 5.74) is 8.59. The molecule has 8 N–H and O–H groups in total. The summed E-state index contributed by atoms with van der Waals surface area (Å²) in [5, 5.41) is 40.1. The summed E-state index contributed by atoms with van der Waals surface area (Å²) in [6.07, 6.45) is 21.8. The Balaban J connectivity index is 0.000000136. The number of hydrogen-bond acceptors (Lipinski definition) is 28. The number of anilines is 4. The molecule has 0 unspecified atom stereocenters. The summed E-state index contributed by atoms with van der Waals surface area (Å²) >= 11 is 5.03. The number of likely N-dealkylation sites (tertiary alicyclic amines) is 6. The van der Waals surface area contributed by atoms with Gasteiger partial charge in [0, 0.05) is 141 Å². The van der Waals surface area contributed by atoms with E-state index in [2.05, 4.69) is 141 Å². The van der Waals surface area contributed by atoms with Gasteiger partial charge in [-0.15, -0.1) is 45.3 Å². The lowest BCUT2D eigenvalue weighted by molar-refractivity contribution is -0.209. The first-order chi connectivity index (χ1) is 64.2. The Labute approximate surface area is 801 Å². The number of hydrogen-bond donors (Lipinski definition) is 8. The third-order valence-electron chi connectivity index (χ3n) is 28.3. The van der Waals surface area contributed by atoms with Crippen molar-refractivity contribution in [2.45, 2.75) is 298 Å². The highest BCUT2D eigenvalue weighted by atomic mass is 32.1. The summed E-state index contributed by atoms with van der Waals surface area (Å²) in [7, 11) is 0. The number of carbonyl (C=O) groups excluding carboxylic acids is 8. The van der Waals surface area contributed by atoms with E-state index in [1.54, 1.807) is 29.7 Å². The molecule has 8 aromatic heterocycles. The van der Waals surface area contributed by atoms with Gasteiger partial charge in [-0.3, -0.25) is 38.4 Å². The molecular formula is C98H132N20O12S4. The monoisotopic (exact) mass is 1910 g/mol. The first-order valence-corrected chi connectivity index (χ1v) is 51.4. The Kier molecular flexibility index (Phi) is 31.0. The van der Waals surface area contributed by atoms with Crippen LogP contribution in [0.25, 0.3) is 41.8 Å². The molecule has 2 spiro atoms. The van der Waals surface area contributed by atoms with Crippen LogP contribution >= 0.6 is 45.3 Å². The molecule has 8 saturated heterocycles. The molecule has 134 heavy (non-hydrogen) atoms. The molecule has 18 rings (SSSR count). The normalized spacial score (nSPS) is 22.5. The fourth-order valence-electron chi connectivity index (χ4n) is 18.3. The maximum Gasteiger partial charge on any atom is 0.283 e. The molecule has 10 aliphatic rings. The van der Waals surface area contributed by atoms with Gasteiger partial charge in [0.05, 0.1) is 82.1 Å². The molecule has 8 aliphatic heterocycles. The molecule has 0 radical (unpaired) electrons. The van der Waals surface area contributed by atoms with E-state index in [1.165, 1.54) is 45.3 Å². The van der Waals surface area contributed by atoms with Crippen LogP contribution in [0.3, 0.4) is 0 Å². The van der Waals surface area contributed by atoms with Crippen LogP contribution in [0.15, 0.2) is 49.1 Å². The molecule has 8 aromatic rings. The van der Waals surface area contributed by atoms with Gasteiger partial charge >= 0.3 is 0 Å². The minimum absolute atomic E-state index is 0.0935. The van der Waals surface area contributed by atoms with E-state index < -0.39 is 12.2 Å². The molecule has 2 saturated carbocycles. The number of aliphatic hydroxyl groups excluding tert-OH is 2. The number of aliphatic hydroxyl groups is 2. The van der Waals surface area contributed by atoms with Crippen molar-refractivity contribution in [3.05, 3.63) is 114 Å². The summed E-state index contributed by atoms with van der Waals surface area (Å²) in [4.78, 5) is 157. The van der Waals surface area contributed by atoms with Gasteiger partial charge < -0.3 is 81.0 Å². The molecule has 36 heteroatoms. The van der Waals surface area contributed by atoms with Crippen molar-refractivity contribution in [2.24, 2.45) is 5.41 Å². The zero-order chi connectivity index (χ0) is 95.5. The van der Waals surface area contributed by atoms with E-state index in [-0.39, 0.29) is 105 Å². The predicted molar refractivity (Wildman–Crippen MR) is 524 cm³/mol. The quantitative estimate of drug-likeness (QED) is 0.0250. The van der Waals surface area contributed by atoms with Crippen molar-refractivity contribution < 1.29 is 58.0 Å². The third-order valence-corrected chi connectivity index (χ3v) is 32.6. The molecule has 10 fully saturated rings. The summed E-state index contributed by atoms with van der Waals surface area (Å²) in [6, 6.07) is 9.34. The number of carbonyl (C=O) groups is 8. The van der Waals surface area contributed by atoms with Crippen molar-refractivity contribution in [3.8, 4) is 41.8 Å². The second kappa shape index (κ2) is 42.3. The number of aromatic nitrogens is 8. The van der Waals surface area contributed by atoms with Crippen LogP contribution in [0, 0.1) is 33.1 Å². The van der Waals surface area contributed by atoms with Crippen LogP contribution in [0.4, 0.5) is 23.3 Å². The van der Waals surface area contributed by atoms with E-state index in [4.69, 9.17) is 9.47 Å². The molecule has 2 aliphatic carbocycles. The lowest BCUT2D eigenvalue weighted by Crippen LogP contribution is -2.69. The average Bonchev–Trinajstić information content (AvgIpc) is 1.57. The molecule has 12 atom stereocenters. The molecule has 720 valence electrons. The topological polar surface area (TPSA) is 390 Å². The fraction of sp³-hybridized carbons (Fsp3) is 0.592. The number of nitrogens with zero attached hydrogens (tertiary/aromatic N) is 14. The Morgan fingerprint density at radius 1 is 0.410 bits per heavy atom. The minimum atomic E-state index is -0.517. The smallest absolute Gasteiger partial charge is 0.283 e. The van der Waals surface area contributed by atoms with Gasteiger partial charge in [0.15, 0.2) is 20.0 Å². The van der Waals surface area contributed by atoms with E-state index in [0.29, 0.717) is 119 Å². The van der Waals surface area contributed by atoms with Crippen molar-refractivity contribution in [3.63, 3.8) is 0 Å². The Morgan fingerprint density at radius 2 is 0.687 bits per heavy atom. The van der Waals surface area contributed by atoms with Crippen LogP contribution in [0.5, 0.6) is 0 Å². The highest BCUT2D eigenvalue weighted by molar-refractivity contribution is 7.18. The molecule has 8 amide bonds. The second-order valence-electron chi connectivity index (χ2n) is 38.6. The number of pyridine rings is 4. The van der Waals surface area contributed by atoms with E-state index in [1.807, 2.05) is 90.3 Å². The van der Waals surface area contributed by atoms with Crippen LogP contribution in [-0.4, -0.2) is 277 Å². The molecule has 32 nitrogen and oxygen atoms in total. The lowest BCUT2D eigenvalue weighted by Gasteiger charge is -2.54. The number of rotatable bonds is 26. The SMILES string of the molecule is CC[C@@H](C)Nc1cc(C)c(-c2sc(C(=O)N3CC4(CCO4)C3)nc2C(=O)N2CCC[C@@H]2C)cn1.CC[C@@H](C)Nc1cc(C)c(-c2sc(C(=O)N3CC4(COC4)C3)nc2C(=O)N2CCC[C@@H]2C)cn1.CC[C@@H](C)Nc1cc(C)c(-c2sc(C(=O)N[C@@H]3CC[C@@H]3O)nc2C(=O)N2CCC[C@@H]2C)cn1.CC[C@@H](C)Nc1cc(C)c(-c2sc(C(=O)N[C@H]3CC[C@H]3O)nc2C(=O)N2CCC[C@@H]2C)cn1.